The van der Waals surface area contributed by atoms with Crippen LogP contribution in [-0.4, -0.2) is 35.2 Å². The van der Waals surface area contributed by atoms with Crippen molar-refractivity contribution in [2.24, 2.45) is 0 Å². The van der Waals surface area contributed by atoms with E-state index in [0.29, 0.717) is 5.56 Å². The quantitative estimate of drug-likeness (QED) is 0.865. The molecule has 0 spiro atoms. The average Bonchev–Trinajstić information content (AvgIpc) is 2.60. The zero-order valence-electron chi connectivity index (χ0n) is 8.80. The standard InChI is InChI=1S/C11H10FNO4/c12-8-3-1-2-7(4-8)9-6-17-11(16)13(9)5-10(14)15/h1-4,9H,5-6H2,(H,14,15). The third-order valence-electron chi connectivity index (χ3n) is 2.51. The summed E-state index contributed by atoms with van der Waals surface area (Å²) >= 11 is 0. The first-order chi connectivity index (χ1) is 8.08. The van der Waals surface area contributed by atoms with E-state index in [9.17, 15) is 14.0 Å². The van der Waals surface area contributed by atoms with Gasteiger partial charge in [0, 0.05) is 0 Å². The summed E-state index contributed by atoms with van der Waals surface area (Å²) in [5.74, 6) is -1.57. The Hall–Kier alpha value is -2.11. The molecule has 17 heavy (non-hydrogen) atoms. The Morgan fingerprint density at radius 3 is 3.00 bits per heavy atom. The SMILES string of the molecule is O=C(O)CN1C(=O)OCC1c1cccc(F)c1. The normalized spacial score (nSPS) is 19.2. The number of benzene rings is 1. The van der Waals surface area contributed by atoms with Crippen LogP contribution in [0.5, 0.6) is 0 Å². The first-order valence-corrected chi connectivity index (χ1v) is 4.98. The molecule has 1 aromatic rings. The molecule has 6 heteroatoms. The Morgan fingerprint density at radius 1 is 1.59 bits per heavy atom. The highest BCUT2D eigenvalue weighted by atomic mass is 19.1. The van der Waals surface area contributed by atoms with Gasteiger partial charge < -0.3 is 9.84 Å². The highest BCUT2D eigenvalue weighted by Gasteiger charge is 2.35. The van der Waals surface area contributed by atoms with Crippen molar-refractivity contribution in [2.45, 2.75) is 6.04 Å². The van der Waals surface area contributed by atoms with Gasteiger partial charge in [-0.2, -0.15) is 0 Å². The number of cyclic esters (lactones) is 1. The van der Waals surface area contributed by atoms with E-state index in [0.717, 1.165) is 4.90 Å². The molecule has 2 rings (SSSR count). The number of ether oxygens (including phenoxy) is 1. The van der Waals surface area contributed by atoms with E-state index in [2.05, 4.69) is 0 Å². The lowest BCUT2D eigenvalue weighted by atomic mass is 10.1. The molecule has 1 aromatic carbocycles. The molecule has 1 aliphatic heterocycles. The maximum absolute atomic E-state index is 13.0. The maximum atomic E-state index is 13.0. The van der Waals surface area contributed by atoms with Gasteiger partial charge in [-0.1, -0.05) is 12.1 Å². The molecule has 0 aromatic heterocycles. The lowest BCUT2D eigenvalue weighted by Crippen LogP contribution is -2.32. The highest BCUT2D eigenvalue weighted by Crippen LogP contribution is 2.27. The summed E-state index contributed by atoms with van der Waals surface area (Å²) in [7, 11) is 0. The van der Waals surface area contributed by atoms with E-state index < -0.39 is 30.5 Å². The minimum Gasteiger partial charge on any atom is -0.480 e. The Balaban J connectivity index is 2.25. The lowest BCUT2D eigenvalue weighted by molar-refractivity contribution is -0.137. The molecule has 1 unspecified atom stereocenters. The van der Waals surface area contributed by atoms with Crippen LogP contribution in [0.25, 0.3) is 0 Å². The van der Waals surface area contributed by atoms with Gasteiger partial charge in [-0.15, -0.1) is 0 Å². The number of carboxylic acids is 1. The van der Waals surface area contributed by atoms with E-state index in [1.165, 1.54) is 18.2 Å². The Labute approximate surface area is 96.4 Å². The summed E-state index contributed by atoms with van der Waals surface area (Å²) < 4.78 is 17.8. The molecule has 0 saturated carbocycles. The number of hydrogen-bond acceptors (Lipinski definition) is 3. The first-order valence-electron chi connectivity index (χ1n) is 4.98. The average molecular weight is 239 g/mol. The van der Waals surface area contributed by atoms with Crippen LogP contribution >= 0.6 is 0 Å². The molecule has 1 amide bonds. The minimum absolute atomic E-state index is 0.0373. The third-order valence-corrected chi connectivity index (χ3v) is 2.51. The molecule has 1 heterocycles. The summed E-state index contributed by atoms with van der Waals surface area (Å²) in [4.78, 5) is 23.0. The number of carbonyl (C=O) groups excluding carboxylic acids is 1. The van der Waals surface area contributed by atoms with Crippen LogP contribution in [0.15, 0.2) is 24.3 Å². The van der Waals surface area contributed by atoms with Gasteiger partial charge in [0.15, 0.2) is 0 Å². The summed E-state index contributed by atoms with van der Waals surface area (Å²) in [5.41, 5.74) is 0.525. The maximum Gasteiger partial charge on any atom is 0.411 e. The molecule has 0 radical (unpaired) electrons. The van der Waals surface area contributed by atoms with E-state index >= 15 is 0 Å². The summed E-state index contributed by atoms with van der Waals surface area (Å²) in [6, 6.07) is 5.13. The van der Waals surface area contributed by atoms with Crippen LogP contribution in [0, 0.1) is 5.82 Å². The third kappa shape index (κ3) is 2.35. The largest absolute Gasteiger partial charge is 0.480 e. The van der Waals surface area contributed by atoms with Crippen molar-refractivity contribution in [3.8, 4) is 0 Å². The monoisotopic (exact) mass is 239 g/mol. The number of hydrogen-bond donors (Lipinski definition) is 1. The van der Waals surface area contributed by atoms with Crippen molar-refractivity contribution >= 4 is 12.1 Å². The smallest absolute Gasteiger partial charge is 0.411 e. The Morgan fingerprint density at radius 2 is 2.35 bits per heavy atom. The number of carbonyl (C=O) groups is 2. The fourth-order valence-electron chi connectivity index (χ4n) is 1.76. The van der Waals surface area contributed by atoms with Crippen LogP contribution in [0.4, 0.5) is 9.18 Å². The Kier molecular flexibility index (Phi) is 2.95. The predicted octanol–water partition coefficient (Wildman–Crippen LogP) is 1.40. The van der Waals surface area contributed by atoms with Crippen molar-refractivity contribution in [2.75, 3.05) is 13.2 Å². The molecule has 90 valence electrons. The van der Waals surface area contributed by atoms with Gasteiger partial charge in [-0.25, -0.2) is 9.18 Å². The fourth-order valence-corrected chi connectivity index (χ4v) is 1.76. The first kappa shape index (κ1) is 11.4. The van der Waals surface area contributed by atoms with Crippen LogP contribution in [0.1, 0.15) is 11.6 Å². The Bertz CT molecular complexity index is 463. The van der Waals surface area contributed by atoms with Gasteiger partial charge in [0.1, 0.15) is 19.0 Å². The molecule has 1 N–H and O–H groups in total. The van der Waals surface area contributed by atoms with Gasteiger partial charge in [0.2, 0.25) is 0 Å². The summed E-state index contributed by atoms with van der Waals surface area (Å²) in [6.45, 7) is -0.421. The van der Waals surface area contributed by atoms with Crippen molar-refractivity contribution < 1.29 is 23.8 Å². The van der Waals surface area contributed by atoms with Crippen LogP contribution in [0.3, 0.4) is 0 Å². The highest BCUT2D eigenvalue weighted by molar-refractivity contribution is 5.78. The molecule has 0 aliphatic carbocycles. The van der Waals surface area contributed by atoms with E-state index in [1.54, 1.807) is 6.07 Å². The van der Waals surface area contributed by atoms with Gasteiger partial charge in [0.05, 0.1) is 6.04 Å². The lowest BCUT2D eigenvalue weighted by Gasteiger charge is -2.19. The van der Waals surface area contributed by atoms with Gasteiger partial charge in [-0.05, 0) is 17.7 Å². The van der Waals surface area contributed by atoms with E-state index in [4.69, 9.17) is 9.84 Å². The number of carboxylic acid groups (broad SMARTS) is 1. The van der Waals surface area contributed by atoms with Crippen LogP contribution < -0.4 is 0 Å². The van der Waals surface area contributed by atoms with E-state index in [1.807, 2.05) is 0 Å². The number of rotatable bonds is 3. The number of nitrogens with zero attached hydrogens (tertiary/aromatic N) is 1. The minimum atomic E-state index is -1.13. The van der Waals surface area contributed by atoms with Gasteiger partial charge in [-0.3, -0.25) is 9.69 Å². The van der Waals surface area contributed by atoms with Crippen LogP contribution in [-0.2, 0) is 9.53 Å². The second kappa shape index (κ2) is 4.40. The number of amides is 1. The van der Waals surface area contributed by atoms with Crippen molar-refractivity contribution in [1.29, 1.82) is 0 Å². The summed E-state index contributed by atoms with van der Waals surface area (Å²) in [6.07, 6.45) is -0.693. The molecule has 5 nitrogen and oxygen atoms in total. The molecular formula is C11H10FNO4. The fraction of sp³-hybridized carbons (Fsp3) is 0.273. The second-order valence-corrected chi connectivity index (χ2v) is 3.67. The second-order valence-electron chi connectivity index (χ2n) is 3.67. The van der Waals surface area contributed by atoms with Crippen molar-refractivity contribution in [1.82, 2.24) is 4.90 Å². The molecular weight excluding hydrogens is 229 g/mol. The topological polar surface area (TPSA) is 66.8 Å². The molecule has 1 fully saturated rings. The van der Waals surface area contributed by atoms with Gasteiger partial charge in [0.25, 0.3) is 0 Å². The molecule has 0 bridgehead atoms. The zero-order valence-corrected chi connectivity index (χ0v) is 8.80. The molecule has 1 aliphatic rings. The summed E-state index contributed by atoms with van der Waals surface area (Å²) in [5, 5.41) is 8.69. The van der Waals surface area contributed by atoms with Crippen molar-refractivity contribution in [3.63, 3.8) is 0 Å². The number of halogens is 1. The van der Waals surface area contributed by atoms with Crippen LogP contribution in [0.2, 0.25) is 0 Å². The molecule has 1 atom stereocenters. The predicted molar refractivity (Wildman–Crippen MR) is 54.8 cm³/mol. The zero-order chi connectivity index (χ0) is 12.4. The number of aliphatic carboxylic acids is 1. The molecule has 1 saturated heterocycles. The van der Waals surface area contributed by atoms with E-state index in [-0.39, 0.29) is 6.61 Å². The van der Waals surface area contributed by atoms with Gasteiger partial charge >= 0.3 is 12.1 Å². The van der Waals surface area contributed by atoms with Crippen molar-refractivity contribution in [3.05, 3.63) is 35.6 Å².